The van der Waals surface area contributed by atoms with Crippen molar-refractivity contribution in [1.29, 1.82) is 0 Å². The number of aromatic nitrogens is 2. The minimum atomic E-state index is -0.172. The molecule has 1 heterocycles. The van der Waals surface area contributed by atoms with Crippen LogP contribution in [0.2, 0.25) is 0 Å². The second-order valence-electron chi connectivity index (χ2n) is 7.02. The number of likely N-dealkylation sites (N-methyl/N-ethyl adjacent to an activating group) is 1. The normalized spacial score (nSPS) is 13.7. The van der Waals surface area contributed by atoms with Crippen LogP contribution in [-0.4, -0.2) is 45.6 Å². The molecule has 1 aromatic carbocycles. The second-order valence-corrected chi connectivity index (χ2v) is 7.02. The highest BCUT2D eigenvalue weighted by Crippen LogP contribution is 2.39. The maximum atomic E-state index is 13.1. The molecule has 26 heavy (non-hydrogen) atoms. The lowest BCUT2D eigenvalue weighted by molar-refractivity contribution is -0.122. The number of nitrogens with zero attached hydrogens (tertiary/aromatic N) is 3. The predicted molar refractivity (Wildman–Crippen MR) is 100 cm³/mol. The van der Waals surface area contributed by atoms with E-state index >= 15 is 0 Å². The Balaban J connectivity index is 1.88. The molecule has 1 aliphatic carbocycles. The molecule has 1 aromatic heterocycles. The van der Waals surface area contributed by atoms with Crippen LogP contribution in [0.4, 0.5) is 0 Å². The van der Waals surface area contributed by atoms with E-state index in [2.05, 4.69) is 10.4 Å². The average molecular weight is 354 g/mol. The highest BCUT2D eigenvalue weighted by Gasteiger charge is 2.30. The van der Waals surface area contributed by atoms with Gasteiger partial charge in [0.2, 0.25) is 5.91 Å². The number of hydrogen-bond donors (Lipinski definition) is 1. The number of carbonyl (C=O) groups is 2. The largest absolute Gasteiger partial charge is 0.352 e. The van der Waals surface area contributed by atoms with Crippen molar-refractivity contribution in [1.82, 2.24) is 20.0 Å². The van der Waals surface area contributed by atoms with Gasteiger partial charge < -0.3 is 10.2 Å². The summed E-state index contributed by atoms with van der Waals surface area (Å²) in [7, 11) is 0. The van der Waals surface area contributed by atoms with Crippen LogP contribution in [0.5, 0.6) is 0 Å². The number of hydrogen-bond acceptors (Lipinski definition) is 3. The van der Waals surface area contributed by atoms with Crippen LogP contribution in [-0.2, 0) is 4.79 Å². The first-order chi connectivity index (χ1) is 12.5. The van der Waals surface area contributed by atoms with Gasteiger partial charge in [-0.2, -0.15) is 5.10 Å². The Bertz CT molecular complexity index is 778. The summed E-state index contributed by atoms with van der Waals surface area (Å²) in [4.78, 5) is 26.8. The Kier molecular flexibility index (Phi) is 5.40. The van der Waals surface area contributed by atoms with E-state index in [1.807, 2.05) is 57.2 Å². The molecule has 0 aliphatic heterocycles. The Morgan fingerprint density at radius 2 is 1.96 bits per heavy atom. The lowest BCUT2D eigenvalue weighted by Crippen LogP contribution is -2.43. The molecular weight excluding hydrogens is 328 g/mol. The average Bonchev–Trinajstić information content (AvgIpc) is 3.38. The third-order valence-corrected chi connectivity index (χ3v) is 4.40. The molecule has 0 spiro atoms. The summed E-state index contributed by atoms with van der Waals surface area (Å²) in [6, 6.07) is 11.6. The van der Waals surface area contributed by atoms with E-state index in [0.717, 1.165) is 24.2 Å². The molecular formula is C20H26N4O2. The summed E-state index contributed by atoms with van der Waals surface area (Å²) in [5.74, 6) is 0.129. The molecule has 0 atom stereocenters. The van der Waals surface area contributed by atoms with Crippen molar-refractivity contribution in [3.63, 3.8) is 0 Å². The number of nitrogens with one attached hydrogen (secondary N) is 1. The van der Waals surface area contributed by atoms with Gasteiger partial charge >= 0.3 is 0 Å². The second kappa shape index (κ2) is 7.72. The lowest BCUT2D eigenvalue weighted by Gasteiger charge is -2.21. The van der Waals surface area contributed by atoms with Gasteiger partial charge in [-0.15, -0.1) is 0 Å². The summed E-state index contributed by atoms with van der Waals surface area (Å²) < 4.78 is 1.71. The fourth-order valence-electron chi connectivity index (χ4n) is 2.93. The third-order valence-electron chi connectivity index (χ3n) is 4.40. The van der Waals surface area contributed by atoms with Gasteiger partial charge in [-0.05, 0) is 51.8 Å². The molecule has 1 aliphatic rings. The fourth-order valence-corrected chi connectivity index (χ4v) is 2.93. The van der Waals surface area contributed by atoms with E-state index in [0.29, 0.717) is 18.2 Å². The van der Waals surface area contributed by atoms with Crippen molar-refractivity contribution in [2.45, 2.75) is 45.6 Å². The molecule has 2 aromatic rings. The Morgan fingerprint density at radius 1 is 1.27 bits per heavy atom. The molecule has 0 unspecified atom stereocenters. The van der Waals surface area contributed by atoms with Gasteiger partial charge in [-0.1, -0.05) is 18.2 Å². The molecule has 0 saturated heterocycles. The van der Waals surface area contributed by atoms with E-state index in [1.54, 1.807) is 9.58 Å². The number of rotatable bonds is 7. The first kappa shape index (κ1) is 18.2. The van der Waals surface area contributed by atoms with Gasteiger partial charge in [0.25, 0.3) is 5.91 Å². The molecule has 6 heteroatoms. The van der Waals surface area contributed by atoms with E-state index in [9.17, 15) is 9.59 Å². The van der Waals surface area contributed by atoms with Crippen LogP contribution in [0.25, 0.3) is 5.69 Å². The van der Waals surface area contributed by atoms with E-state index < -0.39 is 0 Å². The number of para-hydroxylation sites is 1. The zero-order chi connectivity index (χ0) is 18.7. The molecule has 0 bridgehead atoms. The number of benzene rings is 1. The monoisotopic (exact) mass is 354 g/mol. The third kappa shape index (κ3) is 4.12. The molecule has 1 fully saturated rings. The summed E-state index contributed by atoms with van der Waals surface area (Å²) in [6.45, 7) is 6.20. The van der Waals surface area contributed by atoms with Gasteiger partial charge in [0.15, 0.2) is 0 Å². The maximum absolute atomic E-state index is 13.1. The standard InChI is InChI=1S/C20H26N4O2/c1-4-23(13-19(25)21-14(2)3)20(26)18-12-17(15-10-11-15)22-24(18)16-8-6-5-7-9-16/h5-9,12,14-15H,4,10-11,13H2,1-3H3,(H,21,25). The van der Waals surface area contributed by atoms with Gasteiger partial charge in [-0.3, -0.25) is 9.59 Å². The Hall–Kier alpha value is -2.63. The highest BCUT2D eigenvalue weighted by molar-refractivity contribution is 5.95. The minimum Gasteiger partial charge on any atom is -0.352 e. The smallest absolute Gasteiger partial charge is 0.273 e. The minimum absolute atomic E-state index is 0.0479. The fraction of sp³-hybridized carbons (Fsp3) is 0.450. The van der Waals surface area contributed by atoms with Crippen molar-refractivity contribution < 1.29 is 9.59 Å². The first-order valence-electron chi connectivity index (χ1n) is 9.23. The van der Waals surface area contributed by atoms with Crippen molar-refractivity contribution in [2.24, 2.45) is 0 Å². The quantitative estimate of drug-likeness (QED) is 0.831. The first-order valence-corrected chi connectivity index (χ1v) is 9.23. The van der Waals surface area contributed by atoms with Gasteiger partial charge in [0.05, 0.1) is 17.9 Å². The summed E-state index contributed by atoms with van der Waals surface area (Å²) in [6.07, 6.45) is 2.24. The van der Waals surface area contributed by atoms with Crippen LogP contribution >= 0.6 is 0 Å². The maximum Gasteiger partial charge on any atom is 0.273 e. The van der Waals surface area contributed by atoms with Crippen LogP contribution in [0, 0.1) is 0 Å². The number of amides is 2. The van der Waals surface area contributed by atoms with E-state index in [-0.39, 0.29) is 24.4 Å². The topological polar surface area (TPSA) is 67.2 Å². The highest BCUT2D eigenvalue weighted by atomic mass is 16.2. The van der Waals surface area contributed by atoms with E-state index in [4.69, 9.17) is 0 Å². The van der Waals surface area contributed by atoms with E-state index in [1.165, 1.54) is 0 Å². The lowest BCUT2D eigenvalue weighted by atomic mass is 10.2. The van der Waals surface area contributed by atoms with Gasteiger partial charge in [0, 0.05) is 18.5 Å². The summed E-state index contributed by atoms with van der Waals surface area (Å²) in [5.41, 5.74) is 2.32. The van der Waals surface area contributed by atoms with Crippen molar-refractivity contribution in [3.05, 3.63) is 47.8 Å². The van der Waals surface area contributed by atoms with Crippen molar-refractivity contribution in [3.8, 4) is 5.69 Å². The van der Waals surface area contributed by atoms with Gasteiger partial charge in [-0.25, -0.2) is 4.68 Å². The zero-order valence-electron chi connectivity index (χ0n) is 15.6. The molecule has 0 radical (unpaired) electrons. The molecule has 6 nitrogen and oxygen atoms in total. The van der Waals surface area contributed by atoms with Gasteiger partial charge in [0.1, 0.15) is 5.69 Å². The molecule has 2 amide bonds. The number of carbonyl (C=O) groups excluding carboxylic acids is 2. The Labute approximate surface area is 154 Å². The summed E-state index contributed by atoms with van der Waals surface area (Å²) >= 11 is 0. The molecule has 1 saturated carbocycles. The van der Waals surface area contributed by atoms with Crippen LogP contribution < -0.4 is 5.32 Å². The molecule has 3 rings (SSSR count). The van der Waals surface area contributed by atoms with Crippen molar-refractivity contribution >= 4 is 11.8 Å². The molecule has 138 valence electrons. The predicted octanol–water partition coefficient (Wildman–Crippen LogP) is 2.74. The molecule has 1 N–H and O–H groups in total. The SMILES string of the molecule is CCN(CC(=O)NC(C)C)C(=O)c1cc(C2CC2)nn1-c1ccccc1. The Morgan fingerprint density at radius 3 is 2.54 bits per heavy atom. The van der Waals surface area contributed by atoms with Crippen LogP contribution in [0.15, 0.2) is 36.4 Å². The summed E-state index contributed by atoms with van der Waals surface area (Å²) in [5, 5.41) is 7.51. The van der Waals surface area contributed by atoms with Crippen molar-refractivity contribution in [2.75, 3.05) is 13.1 Å². The van der Waals surface area contributed by atoms with Crippen LogP contribution in [0.1, 0.15) is 55.7 Å². The zero-order valence-corrected chi connectivity index (χ0v) is 15.6. The van der Waals surface area contributed by atoms with Crippen LogP contribution in [0.3, 0.4) is 0 Å².